The molecule has 0 radical (unpaired) electrons. The van der Waals surface area contributed by atoms with E-state index in [9.17, 15) is 4.79 Å². The summed E-state index contributed by atoms with van der Waals surface area (Å²) in [6.45, 7) is 2.64. The van der Waals surface area contributed by atoms with Crippen LogP contribution in [0.15, 0.2) is 61.1 Å². The van der Waals surface area contributed by atoms with Crippen LogP contribution in [-0.4, -0.2) is 42.3 Å². The Morgan fingerprint density at radius 3 is 2.84 bits per heavy atom. The van der Waals surface area contributed by atoms with Crippen molar-refractivity contribution < 1.29 is 4.79 Å². The summed E-state index contributed by atoms with van der Waals surface area (Å²) in [4.78, 5) is 36.7. The fraction of sp³-hybridized carbons (Fsp3) is 0.222. The zero-order chi connectivity index (χ0) is 25.5. The number of carbonyl (C=O) groups excluding carboxylic acids is 1. The van der Waals surface area contributed by atoms with E-state index in [1.807, 2.05) is 48.2 Å². The number of carbonyl (C=O) groups is 1. The molecule has 1 fully saturated rings. The summed E-state index contributed by atoms with van der Waals surface area (Å²) in [7, 11) is 0. The van der Waals surface area contributed by atoms with Gasteiger partial charge in [0, 0.05) is 23.2 Å². The largest absolute Gasteiger partial charge is 0.360 e. The first-order chi connectivity index (χ1) is 18.0. The van der Waals surface area contributed by atoms with Crippen molar-refractivity contribution in [2.24, 2.45) is 0 Å². The third kappa shape index (κ3) is 4.47. The van der Waals surface area contributed by atoms with Crippen LogP contribution < -0.4 is 5.32 Å². The minimum Gasteiger partial charge on any atom is -0.360 e. The van der Waals surface area contributed by atoms with Gasteiger partial charge in [-0.05, 0) is 62.2 Å². The Morgan fingerprint density at radius 2 is 2.00 bits per heavy atom. The van der Waals surface area contributed by atoms with Crippen molar-refractivity contribution in [1.82, 2.24) is 29.8 Å². The van der Waals surface area contributed by atoms with Crippen molar-refractivity contribution in [1.29, 1.82) is 0 Å². The number of pyridine rings is 1. The predicted octanol–water partition coefficient (Wildman–Crippen LogP) is 6.36. The lowest BCUT2D eigenvalue weighted by Gasteiger charge is -2.25. The first-order valence-corrected chi connectivity index (χ1v) is 12.8. The van der Waals surface area contributed by atoms with Gasteiger partial charge in [0.2, 0.25) is 0 Å². The molecule has 8 nitrogen and oxygen atoms in total. The van der Waals surface area contributed by atoms with Gasteiger partial charge in [0.1, 0.15) is 18.0 Å². The average Bonchev–Trinajstić information content (AvgIpc) is 3.56. The van der Waals surface area contributed by atoms with Crippen LogP contribution in [0.4, 0.5) is 5.82 Å². The van der Waals surface area contributed by atoms with E-state index in [0.29, 0.717) is 33.5 Å². The predicted molar refractivity (Wildman–Crippen MR) is 145 cm³/mol. The number of amides is 1. The second-order valence-corrected chi connectivity index (χ2v) is 9.98. The van der Waals surface area contributed by atoms with Crippen LogP contribution in [0.5, 0.6) is 0 Å². The first kappa shape index (κ1) is 23.6. The van der Waals surface area contributed by atoms with Crippen molar-refractivity contribution in [2.75, 3.05) is 11.9 Å². The highest BCUT2D eigenvalue weighted by Gasteiger charge is 2.32. The number of likely N-dealkylation sites (tertiary alicyclic amines) is 1. The van der Waals surface area contributed by atoms with Crippen molar-refractivity contribution in [3.63, 3.8) is 0 Å². The summed E-state index contributed by atoms with van der Waals surface area (Å²) in [6, 6.07) is 14.6. The van der Waals surface area contributed by atoms with Crippen molar-refractivity contribution in [3.8, 4) is 0 Å². The van der Waals surface area contributed by atoms with Gasteiger partial charge in [0.25, 0.3) is 5.91 Å². The number of hydrogen-bond acceptors (Lipinski definition) is 6. The first-order valence-electron chi connectivity index (χ1n) is 12.1. The van der Waals surface area contributed by atoms with Crippen LogP contribution >= 0.6 is 23.2 Å². The van der Waals surface area contributed by atoms with Crippen LogP contribution in [0.25, 0.3) is 21.9 Å². The standard InChI is InChI=1S/C27H23Cl2N7O/c1-15(25-34-20-8-7-16(28)11-23(20)35-25)33-26-18-12-19(29)17(13-22(18)31-14-32-26)27(37)36-10-4-6-24(36)21-5-2-3-9-30-21/h2-3,5,7-9,11-15,24H,4,6,10H2,1H3,(H,34,35)(H,31,32,33)/t15-,24-/m1/s1. The van der Waals surface area contributed by atoms with E-state index in [-0.39, 0.29) is 18.0 Å². The fourth-order valence-electron chi connectivity index (χ4n) is 4.88. The smallest absolute Gasteiger partial charge is 0.256 e. The molecule has 37 heavy (non-hydrogen) atoms. The molecule has 4 heterocycles. The van der Waals surface area contributed by atoms with Crippen molar-refractivity contribution >= 4 is 56.9 Å². The molecule has 1 aliphatic heterocycles. The molecule has 0 saturated carbocycles. The molecule has 5 aromatic rings. The molecule has 0 bridgehead atoms. The van der Waals surface area contributed by atoms with E-state index in [2.05, 4.69) is 30.2 Å². The summed E-state index contributed by atoms with van der Waals surface area (Å²) in [5.41, 5.74) is 3.63. The maximum absolute atomic E-state index is 13.6. The molecule has 186 valence electrons. The van der Waals surface area contributed by atoms with Crippen LogP contribution in [0.3, 0.4) is 0 Å². The minimum atomic E-state index is -0.187. The van der Waals surface area contributed by atoms with E-state index in [0.717, 1.165) is 40.8 Å². The van der Waals surface area contributed by atoms with E-state index >= 15 is 0 Å². The van der Waals surface area contributed by atoms with Gasteiger partial charge in [-0.1, -0.05) is 29.3 Å². The highest BCUT2D eigenvalue weighted by Crippen LogP contribution is 2.35. The molecule has 10 heteroatoms. The molecule has 0 aliphatic carbocycles. The summed E-state index contributed by atoms with van der Waals surface area (Å²) in [5, 5.41) is 5.10. The second-order valence-electron chi connectivity index (χ2n) is 9.13. The van der Waals surface area contributed by atoms with Crippen LogP contribution in [-0.2, 0) is 0 Å². The fourth-order valence-corrected chi connectivity index (χ4v) is 5.29. The Balaban J connectivity index is 1.29. The van der Waals surface area contributed by atoms with Crippen molar-refractivity contribution in [3.05, 3.63) is 88.2 Å². The zero-order valence-electron chi connectivity index (χ0n) is 19.9. The van der Waals surface area contributed by atoms with Gasteiger partial charge in [-0.2, -0.15) is 0 Å². The third-order valence-corrected chi connectivity index (χ3v) is 7.27. The van der Waals surface area contributed by atoms with Gasteiger partial charge in [0.05, 0.1) is 44.9 Å². The molecule has 6 rings (SSSR count). The molecule has 0 unspecified atom stereocenters. The van der Waals surface area contributed by atoms with Gasteiger partial charge in [0.15, 0.2) is 0 Å². The number of hydrogen-bond donors (Lipinski definition) is 2. The van der Waals surface area contributed by atoms with Gasteiger partial charge >= 0.3 is 0 Å². The van der Waals surface area contributed by atoms with Gasteiger partial charge < -0.3 is 15.2 Å². The number of halogens is 2. The summed E-state index contributed by atoms with van der Waals surface area (Å²) in [6.07, 6.45) is 5.02. The molecule has 3 aromatic heterocycles. The number of benzene rings is 2. The van der Waals surface area contributed by atoms with E-state index < -0.39 is 0 Å². The van der Waals surface area contributed by atoms with Crippen LogP contribution in [0.2, 0.25) is 10.0 Å². The molecular weight excluding hydrogens is 509 g/mol. The molecule has 2 N–H and O–H groups in total. The lowest BCUT2D eigenvalue weighted by atomic mass is 10.1. The lowest BCUT2D eigenvalue weighted by molar-refractivity contribution is 0.0733. The van der Waals surface area contributed by atoms with E-state index in [1.165, 1.54) is 6.33 Å². The van der Waals surface area contributed by atoms with Gasteiger partial charge in [-0.3, -0.25) is 9.78 Å². The third-order valence-electron chi connectivity index (χ3n) is 6.72. The molecule has 1 amide bonds. The van der Waals surface area contributed by atoms with Crippen LogP contribution in [0, 0.1) is 0 Å². The lowest BCUT2D eigenvalue weighted by Crippen LogP contribution is -2.31. The number of H-pyrrole nitrogens is 1. The number of aromatic nitrogens is 5. The quantitative estimate of drug-likeness (QED) is 0.273. The molecule has 2 aromatic carbocycles. The van der Waals surface area contributed by atoms with E-state index in [4.69, 9.17) is 23.2 Å². The van der Waals surface area contributed by atoms with E-state index in [1.54, 1.807) is 18.3 Å². The topological polar surface area (TPSA) is 99.7 Å². The number of aromatic amines is 1. The second kappa shape index (κ2) is 9.61. The molecule has 1 aliphatic rings. The van der Waals surface area contributed by atoms with Crippen LogP contribution in [0.1, 0.15) is 53.7 Å². The highest BCUT2D eigenvalue weighted by molar-refractivity contribution is 6.35. The Bertz CT molecular complexity index is 1620. The molecule has 0 spiro atoms. The number of imidazole rings is 1. The minimum absolute atomic E-state index is 0.0670. The number of fused-ring (bicyclic) bond motifs is 2. The molecule has 2 atom stereocenters. The molecule has 1 saturated heterocycles. The van der Waals surface area contributed by atoms with Gasteiger partial charge in [-0.15, -0.1) is 0 Å². The maximum Gasteiger partial charge on any atom is 0.256 e. The SMILES string of the molecule is C[C@@H](Nc1ncnc2cc(C(=O)N3CCC[C@@H]3c3ccccn3)c(Cl)cc12)c1nc2cc(Cl)ccc2[nH]1. The number of rotatable bonds is 5. The number of nitrogens with one attached hydrogen (secondary N) is 2. The Labute approximate surface area is 223 Å². The Hall–Kier alpha value is -3.75. The summed E-state index contributed by atoms with van der Waals surface area (Å²) in [5.74, 6) is 1.23. The van der Waals surface area contributed by atoms with Crippen molar-refractivity contribution in [2.45, 2.75) is 31.8 Å². The average molecular weight is 532 g/mol. The zero-order valence-corrected chi connectivity index (χ0v) is 21.5. The highest BCUT2D eigenvalue weighted by atomic mass is 35.5. The monoisotopic (exact) mass is 531 g/mol. The normalized spacial score (nSPS) is 16.4. The maximum atomic E-state index is 13.6. The Kier molecular flexibility index (Phi) is 6.14. The van der Waals surface area contributed by atoms with Gasteiger partial charge in [-0.25, -0.2) is 15.0 Å². The number of anilines is 1. The summed E-state index contributed by atoms with van der Waals surface area (Å²) >= 11 is 12.8. The summed E-state index contributed by atoms with van der Waals surface area (Å²) < 4.78 is 0. The number of nitrogens with zero attached hydrogens (tertiary/aromatic N) is 5. The molecular formula is C27H23Cl2N7O. The Morgan fingerprint density at radius 1 is 1.11 bits per heavy atom.